The Morgan fingerprint density at radius 1 is 0.309 bits per heavy atom. The number of hydrogen-bond acceptors (Lipinski definition) is 15. The van der Waals surface area contributed by atoms with E-state index in [1.165, 1.54) is 122 Å². The summed E-state index contributed by atoms with van der Waals surface area (Å²) in [7, 11) is -9.94. The standard InChI is InChI=1S/C75H134O17P2/c1-5-9-13-17-21-25-29-32-33-34-35-38-41-44-48-52-56-60-73(78)86-66-71(92-75(80)62-58-54-50-46-42-37-31-27-23-19-15-11-7-3)68-90-94(83,84)88-64-69(76)63-87-93(81,82)89-67-70(91-74(79)61-57-53-49-45-39-28-24-20-16-12-8-4)65-85-72(77)59-55-51-47-43-40-36-30-26-22-18-14-10-6-2/h9,13,21,25,27,31-33,35,38,44,48,69-71,76H,5-8,10-12,14-20,22-24,26,28-30,34,36-37,39-43,45-47,49-68H2,1-4H3,(H,81,82)(H,83,84)/b13-9-,25-21-,31-27-,33-32-,38-35-,48-44-. The first-order valence-electron chi connectivity index (χ1n) is 37.2. The first-order chi connectivity index (χ1) is 45.7. The molecule has 17 nitrogen and oxygen atoms in total. The van der Waals surface area contributed by atoms with E-state index in [0.29, 0.717) is 32.1 Å². The van der Waals surface area contributed by atoms with Gasteiger partial charge in [0, 0.05) is 25.7 Å². The molecule has 3 N–H and O–H groups in total. The van der Waals surface area contributed by atoms with Crippen molar-refractivity contribution < 1.29 is 80.2 Å². The third-order valence-electron chi connectivity index (χ3n) is 15.7. The lowest BCUT2D eigenvalue weighted by molar-refractivity contribution is -0.161. The molecule has 0 radical (unpaired) electrons. The second-order valence-electron chi connectivity index (χ2n) is 24.9. The molecule has 0 rings (SSSR count). The lowest BCUT2D eigenvalue weighted by Gasteiger charge is -2.21. The van der Waals surface area contributed by atoms with Crippen LogP contribution in [0.2, 0.25) is 0 Å². The molecule has 0 aliphatic heterocycles. The summed E-state index contributed by atoms with van der Waals surface area (Å²) < 4.78 is 68.3. The summed E-state index contributed by atoms with van der Waals surface area (Å²) in [5.74, 6) is -2.23. The molecule has 0 bridgehead atoms. The van der Waals surface area contributed by atoms with Crippen LogP contribution in [0, 0.1) is 0 Å². The number of aliphatic hydroxyl groups is 1. The fraction of sp³-hybridized carbons (Fsp3) is 0.787. The molecule has 0 aromatic carbocycles. The van der Waals surface area contributed by atoms with Gasteiger partial charge in [0.1, 0.15) is 19.3 Å². The fourth-order valence-corrected chi connectivity index (χ4v) is 11.6. The third kappa shape index (κ3) is 67.1. The molecule has 0 heterocycles. The molecular formula is C75H134O17P2. The van der Waals surface area contributed by atoms with Crippen molar-refractivity contribution in [3.8, 4) is 0 Å². The number of rotatable bonds is 70. The predicted octanol–water partition coefficient (Wildman–Crippen LogP) is 20.9. The van der Waals surface area contributed by atoms with Crippen LogP contribution in [0.15, 0.2) is 72.9 Å². The maximum atomic E-state index is 13.0. The topological polar surface area (TPSA) is 237 Å². The molecule has 5 unspecified atom stereocenters. The summed E-state index contributed by atoms with van der Waals surface area (Å²) >= 11 is 0. The van der Waals surface area contributed by atoms with E-state index in [2.05, 4.69) is 88.5 Å². The van der Waals surface area contributed by atoms with Gasteiger partial charge in [-0.3, -0.25) is 37.3 Å². The van der Waals surface area contributed by atoms with Gasteiger partial charge in [0.15, 0.2) is 12.2 Å². The molecule has 5 atom stereocenters. The summed E-state index contributed by atoms with van der Waals surface area (Å²) in [6.07, 6.45) is 66.2. The molecule has 0 saturated heterocycles. The molecular weight excluding hydrogens is 1230 g/mol. The van der Waals surface area contributed by atoms with Crippen molar-refractivity contribution in [1.82, 2.24) is 0 Å². The van der Waals surface area contributed by atoms with E-state index in [-0.39, 0.29) is 25.7 Å². The van der Waals surface area contributed by atoms with Crippen LogP contribution in [-0.4, -0.2) is 96.7 Å². The minimum atomic E-state index is -4.98. The second-order valence-corrected chi connectivity index (χ2v) is 27.8. The average molecular weight is 1370 g/mol. The van der Waals surface area contributed by atoms with Gasteiger partial charge in [-0.05, 0) is 89.9 Å². The van der Waals surface area contributed by atoms with Crippen LogP contribution in [0.3, 0.4) is 0 Å². The molecule has 546 valence electrons. The van der Waals surface area contributed by atoms with Crippen molar-refractivity contribution in [3.63, 3.8) is 0 Å². The van der Waals surface area contributed by atoms with Crippen LogP contribution in [0.1, 0.15) is 323 Å². The van der Waals surface area contributed by atoms with Gasteiger partial charge < -0.3 is 33.8 Å². The molecule has 0 fully saturated rings. The zero-order valence-electron chi connectivity index (χ0n) is 59.4. The summed E-state index contributed by atoms with van der Waals surface area (Å²) in [6, 6.07) is 0. The smallest absolute Gasteiger partial charge is 0.462 e. The van der Waals surface area contributed by atoms with Crippen molar-refractivity contribution in [2.75, 3.05) is 39.6 Å². The predicted molar refractivity (Wildman–Crippen MR) is 381 cm³/mol. The van der Waals surface area contributed by atoms with Crippen LogP contribution >= 0.6 is 15.6 Å². The normalized spacial score (nSPS) is 14.4. The van der Waals surface area contributed by atoms with Crippen LogP contribution in [0.25, 0.3) is 0 Å². The number of esters is 4. The molecule has 0 aromatic rings. The number of unbranched alkanes of at least 4 members (excludes halogenated alkanes) is 32. The Kier molecular flexibility index (Phi) is 65.5. The Balaban J connectivity index is 5.34. The van der Waals surface area contributed by atoms with Gasteiger partial charge in [-0.1, -0.05) is 280 Å². The number of allylic oxidation sites excluding steroid dienone is 12. The number of ether oxygens (including phenoxy) is 4. The minimum absolute atomic E-state index is 0.0750. The highest BCUT2D eigenvalue weighted by atomic mass is 31.2. The van der Waals surface area contributed by atoms with E-state index in [4.69, 9.17) is 37.0 Å². The van der Waals surface area contributed by atoms with Gasteiger partial charge in [0.2, 0.25) is 0 Å². The highest BCUT2D eigenvalue weighted by molar-refractivity contribution is 7.47. The highest BCUT2D eigenvalue weighted by Gasteiger charge is 2.30. The van der Waals surface area contributed by atoms with E-state index in [1.54, 1.807) is 0 Å². The molecule has 0 aromatic heterocycles. The van der Waals surface area contributed by atoms with Gasteiger partial charge >= 0.3 is 39.5 Å². The molecule has 0 saturated carbocycles. The monoisotopic (exact) mass is 1370 g/mol. The van der Waals surface area contributed by atoms with Gasteiger partial charge in [-0.25, -0.2) is 9.13 Å². The molecule has 0 aliphatic rings. The molecule has 0 aliphatic carbocycles. The van der Waals surface area contributed by atoms with Crippen molar-refractivity contribution in [3.05, 3.63) is 72.9 Å². The average Bonchev–Trinajstić information content (AvgIpc) is 2.15. The van der Waals surface area contributed by atoms with E-state index < -0.39 is 97.5 Å². The molecule has 0 spiro atoms. The first-order valence-corrected chi connectivity index (χ1v) is 40.2. The third-order valence-corrected chi connectivity index (χ3v) is 17.6. The molecule has 19 heteroatoms. The second kappa shape index (κ2) is 68.0. The Morgan fingerprint density at radius 3 is 0.915 bits per heavy atom. The van der Waals surface area contributed by atoms with Gasteiger partial charge in [0.25, 0.3) is 0 Å². The Hall–Kier alpha value is -3.50. The van der Waals surface area contributed by atoms with Crippen molar-refractivity contribution in [1.29, 1.82) is 0 Å². The van der Waals surface area contributed by atoms with E-state index in [0.717, 1.165) is 116 Å². The van der Waals surface area contributed by atoms with Crippen molar-refractivity contribution in [2.45, 2.75) is 341 Å². The number of phosphoric acid groups is 2. The van der Waals surface area contributed by atoms with Crippen LogP contribution in [0.4, 0.5) is 0 Å². The lowest BCUT2D eigenvalue weighted by atomic mass is 10.0. The summed E-state index contributed by atoms with van der Waals surface area (Å²) in [5, 5.41) is 10.6. The number of carbonyl (C=O) groups is 4. The Morgan fingerprint density at radius 2 is 0.564 bits per heavy atom. The number of phosphoric ester groups is 2. The van der Waals surface area contributed by atoms with Crippen LogP contribution < -0.4 is 0 Å². The molecule has 0 amide bonds. The van der Waals surface area contributed by atoms with Crippen molar-refractivity contribution in [2.24, 2.45) is 0 Å². The van der Waals surface area contributed by atoms with Gasteiger partial charge in [0.05, 0.1) is 26.4 Å². The van der Waals surface area contributed by atoms with E-state index >= 15 is 0 Å². The SMILES string of the molecule is CC/C=C\C/C=C\C/C=C\C/C=C\C/C=C\CCCC(=O)OCC(COP(=O)(O)OCC(O)COP(=O)(O)OCC(COC(=O)CCCCCCCCCCCCCCC)OC(=O)CCCCCCCCCCCCC)OC(=O)CCCCCCC/C=C\CCCCCC. The Bertz CT molecular complexity index is 2070. The summed E-state index contributed by atoms with van der Waals surface area (Å²) in [5.41, 5.74) is 0. The first kappa shape index (κ1) is 90.5. The van der Waals surface area contributed by atoms with Crippen LogP contribution in [-0.2, 0) is 65.4 Å². The summed E-state index contributed by atoms with van der Waals surface area (Å²) in [6.45, 7) is 4.69. The van der Waals surface area contributed by atoms with Gasteiger partial charge in [-0.2, -0.15) is 0 Å². The largest absolute Gasteiger partial charge is 0.472 e. The quantitative estimate of drug-likeness (QED) is 0.0169. The zero-order chi connectivity index (χ0) is 69.0. The maximum absolute atomic E-state index is 13.0. The lowest BCUT2D eigenvalue weighted by Crippen LogP contribution is -2.30. The number of hydrogen-bond donors (Lipinski definition) is 3. The molecule has 94 heavy (non-hydrogen) atoms. The number of carbonyl (C=O) groups excluding carboxylic acids is 4. The zero-order valence-corrected chi connectivity index (χ0v) is 61.2. The minimum Gasteiger partial charge on any atom is -0.462 e. The van der Waals surface area contributed by atoms with E-state index in [1.807, 2.05) is 12.2 Å². The van der Waals surface area contributed by atoms with Gasteiger partial charge in [-0.15, -0.1) is 0 Å². The summed E-state index contributed by atoms with van der Waals surface area (Å²) in [4.78, 5) is 72.6. The highest BCUT2D eigenvalue weighted by Crippen LogP contribution is 2.45. The maximum Gasteiger partial charge on any atom is 0.472 e. The number of aliphatic hydroxyl groups excluding tert-OH is 1. The Labute approximate surface area is 571 Å². The van der Waals surface area contributed by atoms with Crippen molar-refractivity contribution >= 4 is 39.5 Å². The van der Waals surface area contributed by atoms with Crippen LogP contribution in [0.5, 0.6) is 0 Å². The fourth-order valence-electron chi connectivity index (χ4n) is 10.0. The van der Waals surface area contributed by atoms with E-state index in [9.17, 15) is 43.2 Å².